The van der Waals surface area contributed by atoms with Gasteiger partial charge in [0.1, 0.15) is 11.7 Å². The summed E-state index contributed by atoms with van der Waals surface area (Å²) in [5.74, 6) is -2.45. The van der Waals surface area contributed by atoms with Gasteiger partial charge in [0.2, 0.25) is 0 Å². The van der Waals surface area contributed by atoms with E-state index in [4.69, 9.17) is 18.9 Å². The summed E-state index contributed by atoms with van der Waals surface area (Å²) < 4.78 is 66.2. The van der Waals surface area contributed by atoms with Crippen molar-refractivity contribution < 1.29 is 41.7 Å². The molecule has 0 radical (unpaired) electrons. The van der Waals surface area contributed by atoms with Gasteiger partial charge in [0.25, 0.3) is 5.60 Å². The second kappa shape index (κ2) is 10.7. The summed E-state index contributed by atoms with van der Waals surface area (Å²) in [7, 11) is 0.831. The van der Waals surface area contributed by atoms with Crippen molar-refractivity contribution in [1.29, 1.82) is 0 Å². The first-order chi connectivity index (χ1) is 18.3. The van der Waals surface area contributed by atoms with Crippen LogP contribution in [0.3, 0.4) is 0 Å². The minimum Gasteiger partial charge on any atom is -0.455 e. The van der Waals surface area contributed by atoms with Gasteiger partial charge in [-0.15, -0.1) is 0 Å². The molecule has 0 saturated carbocycles. The molecule has 6 atom stereocenters. The Morgan fingerprint density at radius 1 is 1.10 bits per heavy atom. The molecule has 2 bridgehead atoms. The number of alkyl halides is 3. The fourth-order valence-electron chi connectivity index (χ4n) is 5.84. The van der Waals surface area contributed by atoms with E-state index in [1.54, 1.807) is 13.0 Å². The average molecular weight is 551 g/mol. The van der Waals surface area contributed by atoms with Crippen LogP contribution >= 0.6 is 0 Å². The van der Waals surface area contributed by atoms with E-state index in [0.29, 0.717) is 24.8 Å². The van der Waals surface area contributed by atoms with Crippen LogP contribution < -0.4 is 0 Å². The van der Waals surface area contributed by atoms with Crippen LogP contribution in [0.1, 0.15) is 71.3 Å². The minimum absolute atomic E-state index is 0.0124. The van der Waals surface area contributed by atoms with Gasteiger partial charge >= 0.3 is 18.1 Å². The van der Waals surface area contributed by atoms with Crippen LogP contribution in [0.15, 0.2) is 54.1 Å². The minimum atomic E-state index is -5.12. The lowest BCUT2D eigenvalue weighted by molar-refractivity contribution is -0.281. The largest absolute Gasteiger partial charge is 0.455 e. The first-order valence-corrected chi connectivity index (χ1v) is 13.4. The number of methoxy groups -OCH3 is 1. The summed E-state index contributed by atoms with van der Waals surface area (Å²) in [5.41, 5.74) is -4.07. The molecule has 9 heteroatoms. The Morgan fingerprint density at radius 3 is 2.44 bits per heavy atom. The highest BCUT2D eigenvalue weighted by Gasteiger charge is 2.65. The van der Waals surface area contributed by atoms with E-state index in [0.717, 1.165) is 25.5 Å². The zero-order valence-corrected chi connectivity index (χ0v) is 22.9. The lowest BCUT2D eigenvalue weighted by Crippen LogP contribution is -2.55. The molecular weight excluding hydrogens is 513 g/mol. The van der Waals surface area contributed by atoms with Crippen LogP contribution in [0.2, 0.25) is 0 Å². The van der Waals surface area contributed by atoms with Crippen LogP contribution in [-0.2, 0) is 34.1 Å². The number of hydrogen-bond donors (Lipinski definition) is 0. The number of ether oxygens (including phenoxy) is 4. The van der Waals surface area contributed by atoms with Crippen molar-refractivity contribution in [3.63, 3.8) is 0 Å². The van der Waals surface area contributed by atoms with Crippen molar-refractivity contribution in [3.05, 3.63) is 59.7 Å². The van der Waals surface area contributed by atoms with Crippen molar-refractivity contribution in [1.82, 2.24) is 0 Å². The van der Waals surface area contributed by atoms with E-state index in [1.807, 2.05) is 6.92 Å². The first-order valence-electron chi connectivity index (χ1n) is 13.4. The summed E-state index contributed by atoms with van der Waals surface area (Å²) in [4.78, 5) is 26.7. The lowest BCUT2D eigenvalue weighted by atomic mass is 9.82. The summed E-state index contributed by atoms with van der Waals surface area (Å²) in [6.45, 7) is 9.59. The van der Waals surface area contributed by atoms with Crippen LogP contribution in [0, 0.1) is 5.92 Å². The number of esters is 2. The van der Waals surface area contributed by atoms with Gasteiger partial charge < -0.3 is 18.9 Å². The predicted molar refractivity (Wildman–Crippen MR) is 138 cm³/mol. The van der Waals surface area contributed by atoms with Crippen LogP contribution in [0.4, 0.5) is 13.2 Å². The van der Waals surface area contributed by atoms with Crippen LogP contribution in [-0.4, -0.2) is 48.6 Å². The van der Waals surface area contributed by atoms with E-state index in [1.165, 1.54) is 24.3 Å². The first kappa shape index (κ1) is 29.3. The molecule has 2 aliphatic heterocycles. The molecule has 0 N–H and O–H groups in total. The quantitative estimate of drug-likeness (QED) is 0.189. The number of allylic oxidation sites excluding steroid dienone is 2. The molecule has 1 aromatic rings. The van der Waals surface area contributed by atoms with Crippen molar-refractivity contribution in [3.8, 4) is 0 Å². The fourth-order valence-corrected chi connectivity index (χ4v) is 5.84. The predicted octanol–water partition coefficient (Wildman–Crippen LogP) is 6.34. The van der Waals surface area contributed by atoms with E-state index < -0.39 is 41.0 Å². The van der Waals surface area contributed by atoms with Gasteiger partial charge in [-0.05, 0) is 71.6 Å². The zero-order chi connectivity index (χ0) is 28.6. The molecule has 2 saturated heterocycles. The van der Waals surface area contributed by atoms with Crippen LogP contribution in [0.25, 0.3) is 0 Å². The highest BCUT2D eigenvalue weighted by Crippen LogP contribution is 2.48. The maximum absolute atomic E-state index is 14.6. The van der Waals surface area contributed by atoms with Crippen molar-refractivity contribution >= 4 is 11.9 Å². The molecule has 1 aromatic carbocycles. The Hall–Kier alpha value is -2.65. The maximum atomic E-state index is 14.6. The molecular formula is C30H37F3O6. The van der Waals surface area contributed by atoms with E-state index >= 15 is 0 Å². The second-order valence-corrected chi connectivity index (χ2v) is 11.4. The number of carbonyl (C=O) groups excluding carboxylic acids is 2. The molecule has 0 amide bonds. The maximum Gasteiger partial charge on any atom is 0.432 e. The topological polar surface area (TPSA) is 74.4 Å². The van der Waals surface area contributed by atoms with Gasteiger partial charge in [-0.3, -0.25) is 0 Å². The van der Waals surface area contributed by atoms with E-state index in [-0.39, 0.29) is 30.5 Å². The third-order valence-corrected chi connectivity index (χ3v) is 8.64. The Morgan fingerprint density at radius 2 is 1.79 bits per heavy atom. The summed E-state index contributed by atoms with van der Waals surface area (Å²) >= 11 is 0. The highest BCUT2D eigenvalue weighted by atomic mass is 19.4. The smallest absolute Gasteiger partial charge is 0.432 e. The van der Waals surface area contributed by atoms with Gasteiger partial charge in [-0.2, -0.15) is 13.2 Å². The van der Waals surface area contributed by atoms with Gasteiger partial charge in [-0.25, -0.2) is 9.59 Å². The second-order valence-electron chi connectivity index (χ2n) is 11.4. The van der Waals surface area contributed by atoms with E-state index in [9.17, 15) is 22.8 Å². The zero-order valence-electron chi connectivity index (χ0n) is 22.9. The number of epoxide rings is 1. The molecule has 214 valence electrons. The molecule has 4 rings (SSSR count). The van der Waals surface area contributed by atoms with Gasteiger partial charge in [-0.1, -0.05) is 48.6 Å². The number of halogens is 3. The fraction of sp³-hybridized carbons (Fsp3) is 0.600. The van der Waals surface area contributed by atoms with Crippen molar-refractivity contribution in [2.24, 2.45) is 5.92 Å². The monoisotopic (exact) mass is 550 g/mol. The molecule has 6 nitrogen and oxygen atoms in total. The summed E-state index contributed by atoms with van der Waals surface area (Å²) in [5, 5.41) is 0. The Labute approximate surface area is 227 Å². The number of rotatable bonds is 4. The Bertz CT molecular complexity index is 1130. The normalized spacial score (nSPS) is 34.8. The van der Waals surface area contributed by atoms with Crippen LogP contribution in [0.5, 0.6) is 0 Å². The molecule has 0 spiro atoms. The third-order valence-electron chi connectivity index (χ3n) is 8.64. The summed E-state index contributed by atoms with van der Waals surface area (Å²) in [6.07, 6.45) is -0.644. The molecule has 0 aromatic heterocycles. The number of fused-ring (bicyclic) bond motifs is 4. The Balaban J connectivity index is 1.71. The number of carbonyl (C=O) groups is 2. The van der Waals surface area contributed by atoms with Crippen molar-refractivity contribution in [2.75, 3.05) is 7.11 Å². The molecule has 2 heterocycles. The number of hydrogen-bond acceptors (Lipinski definition) is 6. The molecule has 0 unspecified atom stereocenters. The van der Waals surface area contributed by atoms with Crippen molar-refractivity contribution in [2.45, 2.75) is 101 Å². The highest BCUT2D eigenvalue weighted by molar-refractivity contribution is 5.89. The Kier molecular flexibility index (Phi) is 8.07. The lowest BCUT2D eigenvalue weighted by Gasteiger charge is -2.39. The molecule has 2 fully saturated rings. The van der Waals surface area contributed by atoms with Gasteiger partial charge in [0, 0.05) is 18.2 Å². The molecule has 39 heavy (non-hydrogen) atoms. The SMILES string of the molecule is C=C1C(=O)O[C@]2(C)CC[C@@H]1C[C@@H]1O[C@@]1(C)CC/C=C(/C)CC[C@H]2OC(=O)[C@](OC)(c1ccccc1)C(F)(F)F. The van der Waals surface area contributed by atoms with E-state index in [2.05, 4.69) is 19.6 Å². The van der Waals surface area contributed by atoms with Gasteiger partial charge in [0.15, 0.2) is 0 Å². The van der Waals surface area contributed by atoms with Gasteiger partial charge in [0.05, 0.1) is 11.7 Å². The molecule has 1 aliphatic carbocycles. The third kappa shape index (κ3) is 5.66. The average Bonchev–Trinajstić information content (AvgIpc) is 3.53. The molecule has 3 aliphatic rings. The standard InChI is InChI=1S/C30H37F3O6/c1-19-10-9-16-27(3)24(38-27)18-21-15-17-28(4,39-25(34)20(21)2)23(14-13-19)37-26(35)29(36-5,30(31,32)33)22-11-7-6-8-12-22/h6-8,10-12,21,23-24H,2,9,13-18H2,1,3-5H3/b19-10-/t21-,23-,24+,27+,28-,29-/m1/s1. The number of benzene rings is 1. The summed E-state index contributed by atoms with van der Waals surface area (Å²) in [6, 6.07) is 6.69.